The summed E-state index contributed by atoms with van der Waals surface area (Å²) >= 11 is 0. The number of amides is 2. The van der Waals surface area contributed by atoms with E-state index in [2.05, 4.69) is 53.2 Å². The van der Waals surface area contributed by atoms with Crippen LogP contribution in [0.15, 0.2) is 24.3 Å². The molecule has 2 rings (SSSR count). The molecule has 0 unspecified atom stereocenters. The lowest BCUT2D eigenvalue weighted by atomic mass is 10.2. The van der Waals surface area contributed by atoms with Crippen LogP contribution in [0.25, 0.3) is 0 Å². The van der Waals surface area contributed by atoms with E-state index in [9.17, 15) is 4.79 Å². The van der Waals surface area contributed by atoms with Gasteiger partial charge in [0, 0.05) is 56.7 Å². The molecule has 1 heterocycles. The zero-order valence-corrected chi connectivity index (χ0v) is 14.9. The van der Waals surface area contributed by atoms with E-state index < -0.39 is 0 Å². The number of hydrogen-bond acceptors (Lipinski definition) is 3. The fourth-order valence-corrected chi connectivity index (χ4v) is 2.97. The highest BCUT2D eigenvalue weighted by Crippen LogP contribution is 2.21. The molecule has 1 aromatic rings. The van der Waals surface area contributed by atoms with E-state index >= 15 is 0 Å². The summed E-state index contributed by atoms with van der Waals surface area (Å²) in [5.74, 6) is 0. The standard InChI is InChI=1S/C18H30N4O/c1-5-20(6-2)16-7-9-17(10-8-16)21-11-13-22(14-12-21)18(23)19-15(3)4/h7-10,15H,5-6,11-14H2,1-4H3,(H,19,23). The number of nitrogens with zero attached hydrogens (tertiary/aromatic N) is 3. The SMILES string of the molecule is CCN(CC)c1ccc(N2CCN(C(=O)NC(C)C)CC2)cc1. The average molecular weight is 318 g/mol. The van der Waals surface area contributed by atoms with E-state index in [-0.39, 0.29) is 12.1 Å². The van der Waals surface area contributed by atoms with E-state index in [1.807, 2.05) is 18.7 Å². The first-order chi connectivity index (χ1) is 11.0. The molecule has 5 heteroatoms. The Morgan fingerprint density at radius 1 is 1.09 bits per heavy atom. The quantitative estimate of drug-likeness (QED) is 0.907. The lowest BCUT2D eigenvalue weighted by molar-refractivity contribution is 0.192. The van der Waals surface area contributed by atoms with Crippen molar-refractivity contribution in [1.29, 1.82) is 0 Å². The third kappa shape index (κ3) is 4.53. The Morgan fingerprint density at radius 3 is 2.13 bits per heavy atom. The van der Waals surface area contributed by atoms with Gasteiger partial charge in [-0.05, 0) is 52.0 Å². The zero-order valence-electron chi connectivity index (χ0n) is 14.9. The van der Waals surface area contributed by atoms with E-state index in [4.69, 9.17) is 0 Å². The van der Waals surface area contributed by atoms with Crippen LogP contribution in [0.5, 0.6) is 0 Å². The molecule has 2 amide bonds. The Morgan fingerprint density at radius 2 is 1.65 bits per heavy atom. The summed E-state index contributed by atoms with van der Waals surface area (Å²) in [6.07, 6.45) is 0. The number of nitrogens with one attached hydrogen (secondary N) is 1. The fourth-order valence-electron chi connectivity index (χ4n) is 2.97. The van der Waals surface area contributed by atoms with Crippen molar-refractivity contribution in [3.8, 4) is 0 Å². The molecule has 0 saturated carbocycles. The van der Waals surface area contributed by atoms with E-state index in [1.54, 1.807) is 0 Å². The van der Waals surface area contributed by atoms with Crippen molar-refractivity contribution in [3.63, 3.8) is 0 Å². The van der Waals surface area contributed by atoms with Crippen LogP contribution in [0.3, 0.4) is 0 Å². The van der Waals surface area contributed by atoms with Crippen LogP contribution in [0, 0.1) is 0 Å². The molecule has 1 saturated heterocycles. The lowest BCUT2D eigenvalue weighted by Gasteiger charge is -2.36. The maximum atomic E-state index is 12.0. The molecule has 0 aromatic heterocycles. The van der Waals surface area contributed by atoms with E-state index in [1.165, 1.54) is 11.4 Å². The Labute approximate surface area is 140 Å². The number of carbonyl (C=O) groups is 1. The normalized spacial score (nSPS) is 15.0. The third-order valence-corrected chi connectivity index (χ3v) is 4.32. The number of carbonyl (C=O) groups excluding carboxylic acids is 1. The summed E-state index contributed by atoms with van der Waals surface area (Å²) in [5.41, 5.74) is 2.51. The summed E-state index contributed by atoms with van der Waals surface area (Å²) in [5, 5.41) is 2.96. The van der Waals surface area contributed by atoms with Gasteiger partial charge in [0.1, 0.15) is 0 Å². The van der Waals surface area contributed by atoms with Crippen molar-refractivity contribution in [2.24, 2.45) is 0 Å². The summed E-state index contributed by atoms with van der Waals surface area (Å²) in [6, 6.07) is 9.01. The minimum atomic E-state index is 0.0523. The first-order valence-corrected chi connectivity index (χ1v) is 8.70. The van der Waals surface area contributed by atoms with Crippen LogP contribution >= 0.6 is 0 Å². The van der Waals surface area contributed by atoms with Crippen LogP contribution in [-0.2, 0) is 0 Å². The monoisotopic (exact) mass is 318 g/mol. The fraction of sp³-hybridized carbons (Fsp3) is 0.611. The Balaban J connectivity index is 1.91. The second-order valence-electron chi connectivity index (χ2n) is 6.27. The molecule has 1 fully saturated rings. The largest absolute Gasteiger partial charge is 0.372 e. The molecule has 5 nitrogen and oxygen atoms in total. The first-order valence-electron chi connectivity index (χ1n) is 8.70. The van der Waals surface area contributed by atoms with Gasteiger partial charge >= 0.3 is 6.03 Å². The molecule has 1 aliphatic heterocycles. The Hall–Kier alpha value is -1.91. The van der Waals surface area contributed by atoms with Gasteiger partial charge < -0.3 is 20.0 Å². The van der Waals surface area contributed by atoms with Gasteiger partial charge in [-0.3, -0.25) is 0 Å². The van der Waals surface area contributed by atoms with Crippen molar-refractivity contribution < 1.29 is 4.79 Å². The van der Waals surface area contributed by atoms with E-state index in [0.29, 0.717) is 0 Å². The molecule has 23 heavy (non-hydrogen) atoms. The van der Waals surface area contributed by atoms with Crippen LogP contribution in [0.2, 0.25) is 0 Å². The maximum Gasteiger partial charge on any atom is 0.317 e. The summed E-state index contributed by atoms with van der Waals surface area (Å²) < 4.78 is 0. The second-order valence-corrected chi connectivity index (χ2v) is 6.27. The smallest absolute Gasteiger partial charge is 0.317 e. The summed E-state index contributed by atoms with van der Waals surface area (Å²) in [6.45, 7) is 13.7. The highest BCUT2D eigenvalue weighted by atomic mass is 16.2. The molecule has 0 bridgehead atoms. The van der Waals surface area contributed by atoms with Crippen molar-refractivity contribution in [2.45, 2.75) is 33.7 Å². The molecule has 1 aliphatic rings. The van der Waals surface area contributed by atoms with Gasteiger partial charge in [-0.1, -0.05) is 0 Å². The maximum absolute atomic E-state index is 12.0. The Bertz CT molecular complexity index is 488. The highest BCUT2D eigenvalue weighted by molar-refractivity contribution is 5.74. The molecular formula is C18H30N4O. The zero-order chi connectivity index (χ0) is 16.8. The van der Waals surface area contributed by atoms with Gasteiger partial charge in [-0.2, -0.15) is 0 Å². The first kappa shape index (κ1) is 17.4. The van der Waals surface area contributed by atoms with Gasteiger partial charge in [-0.25, -0.2) is 4.79 Å². The van der Waals surface area contributed by atoms with Crippen LogP contribution in [0.4, 0.5) is 16.2 Å². The van der Waals surface area contributed by atoms with E-state index in [0.717, 1.165) is 39.3 Å². The van der Waals surface area contributed by atoms with Gasteiger partial charge in [0.15, 0.2) is 0 Å². The Kier molecular flexibility index (Phi) is 6.13. The predicted octanol–water partition coefficient (Wildman–Crippen LogP) is 2.77. The number of hydrogen-bond donors (Lipinski definition) is 1. The van der Waals surface area contributed by atoms with Crippen molar-refractivity contribution in [1.82, 2.24) is 10.2 Å². The van der Waals surface area contributed by atoms with Crippen LogP contribution in [-0.4, -0.2) is 56.2 Å². The molecule has 1 N–H and O–H groups in total. The number of anilines is 2. The predicted molar refractivity (Wildman–Crippen MR) is 97.5 cm³/mol. The third-order valence-electron chi connectivity index (χ3n) is 4.32. The number of piperazine rings is 1. The number of urea groups is 1. The lowest BCUT2D eigenvalue weighted by Crippen LogP contribution is -2.52. The summed E-state index contributed by atoms with van der Waals surface area (Å²) in [7, 11) is 0. The molecule has 0 spiro atoms. The van der Waals surface area contributed by atoms with Gasteiger partial charge in [0.05, 0.1) is 0 Å². The second kappa shape index (κ2) is 8.09. The minimum Gasteiger partial charge on any atom is -0.372 e. The van der Waals surface area contributed by atoms with Crippen molar-refractivity contribution in [3.05, 3.63) is 24.3 Å². The molecule has 1 aromatic carbocycles. The molecule has 0 atom stereocenters. The number of rotatable bonds is 5. The molecule has 0 aliphatic carbocycles. The average Bonchev–Trinajstić information content (AvgIpc) is 2.56. The summed E-state index contributed by atoms with van der Waals surface area (Å²) in [4.78, 5) is 18.6. The minimum absolute atomic E-state index is 0.0523. The van der Waals surface area contributed by atoms with Gasteiger partial charge in [0.25, 0.3) is 0 Å². The molecule has 128 valence electrons. The van der Waals surface area contributed by atoms with Crippen molar-refractivity contribution in [2.75, 3.05) is 49.1 Å². The van der Waals surface area contributed by atoms with Gasteiger partial charge in [-0.15, -0.1) is 0 Å². The molecular weight excluding hydrogens is 288 g/mol. The topological polar surface area (TPSA) is 38.8 Å². The highest BCUT2D eigenvalue weighted by Gasteiger charge is 2.21. The van der Waals surface area contributed by atoms with Gasteiger partial charge in [0.2, 0.25) is 0 Å². The van der Waals surface area contributed by atoms with Crippen molar-refractivity contribution >= 4 is 17.4 Å². The van der Waals surface area contributed by atoms with Crippen LogP contribution < -0.4 is 15.1 Å². The molecule has 0 radical (unpaired) electrons. The number of benzene rings is 1. The van der Waals surface area contributed by atoms with Crippen LogP contribution in [0.1, 0.15) is 27.7 Å².